The molecule has 0 aliphatic carbocycles. The third-order valence-electron chi connectivity index (χ3n) is 3.51. The van der Waals surface area contributed by atoms with Gasteiger partial charge in [0.1, 0.15) is 6.04 Å². The van der Waals surface area contributed by atoms with Crippen molar-refractivity contribution in [2.75, 3.05) is 12.4 Å². The van der Waals surface area contributed by atoms with Crippen LogP contribution in [-0.4, -0.2) is 33.9 Å². The summed E-state index contributed by atoms with van der Waals surface area (Å²) in [5, 5.41) is 13.0. The van der Waals surface area contributed by atoms with Gasteiger partial charge in [0.2, 0.25) is 5.91 Å². The van der Waals surface area contributed by atoms with Crippen LogP contribution in [-0.2, 0) is 9.59 Å². The molecule has 1 aliphatic heterocycles. The maximum Gasteiger partial charge on any atom is 0.301 e. The number of aromatic nitrogens is 3. The van der Waals surface area contributed by atoms with Gasteiger partial charge in [0, 0.05) is 19.2 Å². The standard InChI is InChI=1S/C13H13N5O3/c1-14-7-3-2-4-8-11(7)13(21)16-17-18(8)9-5-6-10(19)15-12(9)20/h2-4,9,14H,5-6H2,1H3,(H,15,19,20). The summed E-state index contributed by atoms with van der Waals surface area (Å²) in [6.45, 7) is 0. The molecule has 1 atom stereocenters. The fourth-order valence-electron chi connectivity index (χ4n) is 2.50. The molecular weight excluding hydrogens is 274 g/mol. The predicted octanol–water partition coefficient (Wildman–Crippen LogP) is -0.189. The van der Waals surface area contributed by atoms with Gasteiger partial charge in [0.25, 0.3) is 5.91 Å². The summed E-state index contributed by atoms with van der Waals surface area (Å²) in [4.78, 5) is 35.2. The van der Waals surface area contributed by atoms with Gasteiger partial charge in [-0.05, 0) is 18.6 Å². The first-order valence-electron chi connectivity index (χ1n) is 6.51. The van der Waals surface area contributed by atoms with Crippen LogP contribution in [0.15, 0.2) is 23.0 Å². The van der Waals surface area contributed by atoms with E-state index in [1.807, 2.05) is 0 Å². The molecule has 2 amide bonds. The molecule has 1 aliphatic rings. The van der Waals surface area contributed by atoms with Crippen molar-refractivity contribution in [1.29, 1.82) is 0 Å². The van der Waals surface area contributed by atoms with E-state index in [4.69, 9.17) is 0 Å². The molecule has 0 saturated carbocycles. The fourth-order valence-corrected chi connectivity index (χ4v) is 2.50. The second-order valence-corrected chi connectivity index (χ2v) is 4.76. The number of amides is 2. The molecule has 1 unspecified atom stereocenters. The van der Waals surface area contributed by atoms with Crippen molar-refractivity contribution in [2.45, 2.75) is 18.9 Å². The molecule has 0 spiro atoms. The number of benzene rings is 1. The minimum atomic E-state index is -0.648. The minimum absolute atomic E-state index is 0.234. The van der Waals surface area contributed by atoms with Gasteiger partial charge in [-0.1, -0.05) is 16.4 Å². The van der Waals surface area contributed by atoms with E-state index in [2.05, 4.69) is 20.9 Å². The zero-order valence-electron chi connectivity index (χ0n) is 11.3. The number of carbonyl (C=O) groups is 2. The van der Waals surface area contributed by atoms with Gasteiger partial charge < -0.3 is 5.32 Å². The van der Waals surface area contributed by atoms with Gasteiger partial charge in [0.15, 0.2) is 0 Å². The molecule has 2 heterocycles. The molecule has 0 bridgehead atoms. The second kappa shape index (κ2) is 4.97. The molecule has 1 aromatic heterocycles. The SMILES string of the molecule is CNc1cccc2c1c(=O)nnn2C1CCC(=O)NC1=O. The first-order chi connectivity index (χ1) is 10.1. The van der Waals surface area contributed by atoms with Crippen LogP contribution < -0.4 is 16.2 Å². The van der Waals surface area contributed by atoms with Crippen molar-refractivity contribution in [3.63, 3.8) is 0 Å². The normalized spacial score (nSPS) is 18.6. The minimum Gasteiger partial charge on any atom is -0.387 e. The monoisotopic (exact) mass is 287 g/mol. The van der Waals surface area contributed by atoms with Crippen LogP contribution in [0, 0.1) is 0 Å². The number of nitrogens with one attached hydrogen (secondary N) is 2. The zero-order chi connectivity index (χ0) is 15.0. The Bertz CT molecular complexity index is 798. The van der Waals surface area contributed by atoms with Gasteiger partial charge in [-0.25, -0.2) is 4.68 Å². The third kappa shape index (κ3) is 2.14. The van der Waals surface area contributed by atoms with E-state index in [9.17, 15) is 14.4 Å². The number of imide groups is 1. The smallest absolute Gasteiger partial charge is 0.301 e. The van der Waals surface area contributed by atoms with Crippen molar-refractivity contribution < 1.29 is 9.59 Å². The first-order valence-corrected chi connectivity index (χ1v) is 6.51. The molecular formula is C13H13N5O3. The Hall–Kier alpha value is -2.77. The summed E-state index contributed by atoms with van der Waals surface area (Å²) in [5.74, 6) is -0.731. The number of nitrogens with zero attached hydrogens (tertiary/aromatic N) is 3. The average Bonchev–Trinajstić information content (AvgIpc) is 2.48. The van der Waals surface area contributed by atoms with Crippen molar-refractivity contribution in [1.82, 2.24) is 20.3 Å². The molecule has 108 valence electrons. The lowest BCUT2D eigenvalue weighted by molar-refractivity contribution is -0.135. The van der Waals surface area contributed by atoms with Crippen molar-refractivity contribution in [3.05, 3.63) is 28.6 Å². The van der Waals surface area contributed by atoms with Gasteiger partial charge in [-0.3, -0.25) is 19.7 Å². The van der Waals surface area contributed by atoms with Crippen LogP contribution in [0.5, 0.6) is 0 Å². The largest absolute Gasteiger partial charge is 0.387 e. The Morgan fingerprint density at radius 2 is 2.14 bits per heavy atom. The Morgan fingerprint density at radius 3 is 2.86 bits per heavy atom. The highest BCUT2D eigenvalue weighted by molar-refractivity contribution is 6.00. The predicted molar refractivity (Wildman–Crippen MR) is 74.8 cm³/mol. The van der Waals surface area contributed by atoms with E-state index in [1.54, 1.807) is 25.2 Å². The first kappa shape index (κ1) is 13.2. The molecule has 1 fully saturated rings. The number of hydrogen-bond donors (Lipinski definition) is 2. The number of rotatable bonds is 2. The highest BCUT2D eigenvalue weighted by atomic mass is 16.2. The van der Waals surface area contributed by atoms with Crippen LogP contribution in [0.3, 0.4) is 0 Å². The van der Waals surface area contributed by atoms with Crippen LogP contribution in [0.4, 0.5) is 5.69 Å². The lowest BCUT2D eigenvalue weighted by atomic mass is 10.1. The van der Waals surface area contributed by atoms with Gasteiger partial charge in [-0.2, -0.15) is 0 Å². The number of piperidine rings is 1. The van der Waals surface area contributed by atoms with E-state index in [0.29, 0.717) is 23.0 Å². The summed E-state index contributed by atoms with van der Waals surface area (Å²) in [6.07, 6.45) is 0.568. The number of fused-ring (bicyclic) bond motifs is 1. The second-order valence-electron chi connectivity index (χ2n) is 4.76. The summed E-state index contributed by atoms with van der Waals surface area (Å²) in [5.41, 5.74) is 0.670. The molecule has 2 aromatic rings. The van der Waals surface area contributed by atoms with E-state index >= 15 is 0 Å². The van der Waals surface area contributed by atoms with Crippen molar-refractivity contribution in [3.8, 4) is 0 Å². The fraction of sp³-hybridized carbons (Fsp3) is 0.308. The maximum absolute atomic E-state index is 12.0. The Labute approximate surface area is 119 Å². The van der Waals surface area contributed by atoms with Crippen LogP contribution in [0.1, 0.15) is 18.9 Å². The molecule has 8 heteroatoms. The number of hydrogen-bond acceptors (Lipinski definition) is 6. The van der Waals surface area contributed by atoms with Crippen LogP contribution in [0.25, 0.3) is 10.9 Å². The molecule has 1 saturated heterocycles. The van der Waals surface area contributed by atoms with Crippen molar-refractivity contribution >= 4 is 28.4 Å². The van der Waals surface area contributed by atoms with E-state index < -0.39 is 17.5 Å². The topological polar surface area (TPSA) is 106 Å². The highest BCUT2D eigenvalue weighted by Gasteiger charge is 2.30. The van der Waals surface area contributed by atoms with E-state index in [0.717, 1.165) is 0 Å². The molecule has 3 rings (SSSR count). The molecule has 21 heavy (non-hydrogen) atoms. The van der Waals surface area contributed by atoms with Gasteiger partial charge >= 0.3 is 5.56 Å². The third-order valence-corrected chi connectivity index (χ3v) is 3.51. The molecule has 8 nitrogen and oxygen atoms in total. The Morgan fingerprint density at radius 1 is 1.33 bits per heavy atom. The van der Waals surface area contributed by atoms with E-state index in [-0.39, 0.29) is 12.3 Å². The summed E-state index contributed by atoms with van der Waals surface area (Å²) >= 11 is 0. The van der Waals surface area contributed by atoms with Gasteiger partial charge in [0.05, 0.1) is 10.9 Å². The van der Waals surface area contributed by atoms with E-state index in [1.165, 1.54) is 4.68 Å². The number of carbonyl (C=O) groups excluding carboxylic acids is 2. The van der Waals surface area contributed by atoms with Gasteiger partial charge in [-0.15, -0.1) is 0 Å². The Kier molecular flexibility index (Phi) is 3.13. The quantitative estimate of drug-likeness (QED) is 0.742. The lowest BCUT2D eigenvalue weighted by Gasteiger charge is -2.23. The van der Waals surface area contributed by atoms with Crippen molar-refractivity contribution in [2.24, 2.45) is 0 Å². The lowest BCUT2D eigenvalue weighted by Crippen LogP contribution is -2.42. The average molecular weight is 287 g/mol. The summed E-state index contributed by atoms with van der Waals surface area (Å²) in [6, 6.07) is 4.57. The maximum atomic E-state index is 12.0. The molecule has 1 aromatic carbocycles. The Balaban J connectivity index is 2.20. The van der Waals surface area contributed by atoms with Crippen LogP contribution >= 0.6 is 0 Å². The van der Waals surface area contributed by atoms with Crippen LogP contribution in [0.2, 0.25) is 0 Å². The molecule has 0 radical (unpaired) electrons. The zero-order valence-corrected chi connectivity index (χ0v) is 11.3. The highest BCUT2D eigenvalue weighted by Crippen LogP contribution is 2.24. The molecule has 2 N–H and O–H groups in total. The summed E-state index contributed by atoms with van der Waals surface area (Å²) < 4.78 is 1.40. The summed E-state index contributed by atoms with van der Waals surface area (Å²) in [7, 11) is 1.70. The number of anilines is 1.